The maximum Gasteiger partial charge on any atom is 0.264 e. The predicted molar refractivity (Wildman–Crippen MR) is 159 cm³/mol. The van der Waals surface area contributed by atoms with E-state index in [-0.39, 0.29) is 30.0 Å². The number of amides is 1. The molecule has 0 saturated heterocycles. The summed E-state index contributed by atoms with van der Waals surface area (Å²) in [6.45, 7) is 1.66. The fourth-order valence-corrected chi connectivity index (χ4v) is 7.35. The molecule has 40 heavy (non-hydrogen) atoms. The number of rotatable bonds is 7. The van der Waals surface area contributed by atoms with Crippen molar-refractivity contribution < 1.29 is 22.7 Å². The van der Waals surface area contributed by atoms with E-state index in [2.05, 4.69) is 0 Å². The van der Waals surface area contributed by atoms with Crippen molar-refractivity contribution in [1.29, 1.82) is 0 Å². The molecular formula is C28H29ClN4O5S2. The molecule has 4 aromatic rings. The number of fused-ring (bicyclic) bond motifs is 3. The van der Waals surface area contributed by atoms with E-state index in [1.807, 2.05) is 55.4 Å². The van der Waals surface area contributed by atoms with E-state index < -0.39 is 10.0 Å². The highest BCUT2D eigenvalue weighted by atomic mass is 35.5. The van der Waals surface area contributed by atoms with E-state index in [0.717, 1.165) is 34.3 Å². The van der Waals surface area contributed by atoms with Gasteiger partial charge in [-0.3, -0.25) is 14.0 Å². The molecule has 2 aliphatic heterocycles. The van der Waals surface area contributed by atoms with Crippen LogP contribution in [0.5, 0.6) is 11.5 Å². The number of halogens is 1. The van der Waals surface area contributed by atoms with Gasteiger partial charge in [-0.05, 0) is 62.8 Å². The van der Waals surface area contributed by atoms with Crippen molar-refractivity contribution in [3.05, 3.63) is 71.8 Å². The molecule has 9 nitrogen and oxygen atoms in total. The van der Waals surface area contributed by atoms with Crippen LogP contribution in [0.15, 0.2) is 65.6 Å². The number of likely N-dealkylation sites (N-methyl/N-ethyl adjacent to an activating group) is 1. The van der Waals surface area contributed by atoms with E-state index in [0.29, 0.717) is 41.8 Å². The number of benzene rings is 3. The minimum Gasteiger partial charge on any atom is -0.454 e. The van der Waals surface area contributed by atoms with Crippen LogP contribution in [0.3, 0.4) is 0 Å². The maximum atomic E-state index is 13.7. The summed E-state index contributed by atoms with van der Waals surface area (Å²) >= 11 is 1.40. The highest BCUT2D eigenvalue weighted by Gasteiger charge is 2.30. The molecule has 0 aliphatic carbocycles. The van der Waals surface area contributed by atoms with Crippen LogP contribution in [0, 0.1) is 0 Å². The smallest absolute Gasteiger partial charge is 0.264 e. The SMILES string of the molecule is CN(C)CCN(C(=O)c1ccc(S(=O)(=O)N2CCCc3ccccc32)cc1)c1nc2cc3c(cc2s1)OCO3.Cl. The molecule has 0 N–H and O–H groups in total. The highest BCUT2D eigenvalue weighted by Crippen LogP contribution is 2.40. The molecule has 3 heterocycles. The number of para-hydroxylation sites is 1. The molecule has 0 fully saturated rings. The van der Waals surface area contributed by atoms with Crippen LogP contribution in [-0.2, 0) is 16.4 Å². The van der Waals surface area contributed by atoms with Crippen molar-refractivity contribution in [2.45, 2.75) is 17.7 Å². The third-order valence-electron chi connectivity index (χ3n) is 6.88. The largest absolute Gasteiger partial charge is 0.454 e. The summed E-state index contributed by atoms with van der Waals surface area (Å²) in [5.74, 6) is 1.05. The Morgan fingerprint density at radius 2 is 1.75 bits per heavy atom. The first-order chi connectivity index (χ1) is 18.8. The number of nitrogens with zero attached hydrogens (tertiary/aromatic N) is 4. The zero-order valence-electron chi connectivity index (χ0n) is 22.1. The fraction of sp³-hybridized carbons (Fsp3) is 0.286. The van der Waals surface area contributed by atoms with Crippen LogP contribution in [0.25, 0.3) is 10.2 Å². The van der Waals surface area contributed by atoms with E-state index in [4.69, 9.17) is 14.5 Å². The van der Waals surface area contributed by atoms with Gasteiger partial charge in [-0.15, -0.1) is 12.4 Å². The van der Waals surface area contributed by atoms with E-state index in [9.17, 15) is 13.2 Å². The van der Waals surface area contributed by atoms with E-state index in [1.54, 1.807) is 17.0 Å². The Bertz CT molecular complexity index is 1620. The Labute approximate surface area is 243 Å². The summed E-state index contributed by atoms with van der Waals surface area (Å²) in [6.07, 6.45) is 1.61. The number of hydrogen-bond donors (Lipinski definition) is 0. The van der Waals surface area contributed by atoms with Gasteiger partial charge in [-0.25, -0.2) is 13.4 Å². The average molecular weight is 601 g/mol. The van der Waals surface area contributed by atoms with Gasteiger partial charge in [-0.2, -0.15) is 0 Å². The minimum atomic E-state index is -3.77. The number of anilines is 2. The van der Waals surface area contributed by atoms with Crippen LogP contribution in [0.2, 0.25) is 0 Å². The second-order valence-corrected chi connectivity index (χ2v) is 12.6. The highest BCUT2D eigenvalue weighted by molar-refractivity contribution is 7.92. The molecule has 3 aromatic carbocycles. The quantitative estimate of drug-likeness (QED) is 0.301. The average Bonchev–Trinajstić information content (AvgIpc) is 3.57. The van der Waals surface area contributed by atoms with Gasteiger partial charge in [0.05, 0.1) is 20.8 Å². The van der Waals surface area contributed by atoms with Gasteiger partial charge in [0.2, 0.25) is 6.79 Å². The number of ether oxygens (including phenoxy) is 2. The molecule has 6 rings (SSSR count). The van der Waals surface area contributed by atoms with Gasteiger partial charge < -0.3 is 14.4 Å². The first kappa shape index (κ1) is 28.2. The molecular weight excluding hydrogens is 572 g/mol. The minimum absolute atomic E-state index is 0. The lowest BCUT2D eigenvalue weighted by molar-refractivity contribution is 0.0985. The van der Waals surface area contributed by atoms with Crippen molar-refractivity contribution in [2.75, 3.05) is 49.7 Å². The molecule has 1 aromatic heterocycles. The summed E-state index contributed by atoms with van der Waals surface area (Å²) in [6, 6.07) is 17.5. The third kappa shape index (κ3) is 5.22. The number of aryl methyl sites for hydroxylation is 1. The number of hydrogen-bond acceptors (Lipinski definition) is 8. The lowest BCUT2D eigenvalue weighted by Gasteiger charge is -2.30. The summed E-state index contributed by atoms with van der Waals surface area (Å²) in [5, 5.41) is 0.558. The number of carbonyl (C=O) groups excluding carboxylic acids is 1. The van der Waals surface area contributed by atoms with Crippen molar-refractivity contribution in [3.63, 3.8) is 0 Å². The van der Waals surface area contributed by atoms with E-state index >= 15 is 0 Å². The second-order valence-electron chi connectivity index (χ2n) is 9.76. The standard InChI is InChI=1S/C28H28N4O5S2.ClH/c1-30(2)14-15-31(28-29-22-16-24-25(37-18-36-24)17-26(22)38-28)27(33)20-9-11-21(12-10-20)39(34,35)32-13-5-7-19-6-3-4-8-23(19)32;/h3-4,6,8-12,16-17H,5,7,13-15,18H2,1-2H3;1H. The monoisotopic (exact) mass is 600 g/mol. The topological polar surface area (TPSA) is 92.3 Å². The molecule has 210 valence electrons. The fourth-order valence-electron chi connectivity index (χ4n) is 4.81. The number of thiazole rings is 1. The van der Waals surface area contributed by atoms with Crippen LogP contribution in [0.1, 0.15) is 22.3 Å². The lowest BCUT2D eigenvalue weighted by Crippen LogP contribution is -2.37. The van der Waals surface area contributed by atoms with Crippen molar-refractivity contribution in [1.82, 2.24) is 9.88 Å². The van der Waals surface area contributed by atoms with Gasteiger partial charge in [0, 0.05) is 37.3 Å². The number of aromatic nitrogens is 1. The number of sulfonamides is 1. The lowest BCUT2D eigenvalue weighted by atomic mass is 10.0. The molecule has 2 aliphatic rings. The molecule has 0 radical (unpaired) electrons. The van der Waals surface area contributed by atoms with Gasteiger partial charge in [0.1, 0.15) is 0 Å². The summed E-state index contributed by atoms with van der Waals surface area (Å²) < 4.78 is 40.4. The van der Waals surface area contributed by atoms with Crippen molar-refractivity contribution >= 4 is 60.7 Å². The third-order valence-corrected chi connectivity index (χ3v) is 9.74. The zero-order valence-corrected chi connectivity index (χ0v) is 24.5. The Morgan fingerprint density at radius 1 is 1.02 bits per heavy atom. The summed E-state index contributed by atoms with van der Waals surface area (Å²) in [5.41, 5.74) is 2.86. The zero-order chi connectivity index (χ0) is 27.1. The summed E-state index contributed by atoms with van der Waals surface area (Å²) in [4.78, 5) is 22.2. The van der Waals surface area contributed by atoms with Crippen molar-refractivity contribution in [3.8, 4) is 11.5 Å². The Hall–Kier alpha value is -3.38. The van der Waals surface area contributed by atoms with Gasteiger partial charge in [-0.1, -0.05) is 29.5 Å². The molecule has 0 saturated carbocycles. The first-order valence-electron chi connectivity index (χ1n) is 12.7. The second kappa shape index (κ2) is 11.2. The molecule has 0 spiro atoms. The molecule has 0 atom stereocenters. The molecule has 1 amide bonds. The van der Waals surface area contributed by atoms with Crippen LogP contribution < -0.4 is 18.7 Å². The predicted octanol–water partition coefficient (Wildman–Crippen LogP) is 4.80. The Morgan fingerprint density at radius 3 is 2.50 bits per heavy atom. The molecule has 0 unspecified atom stereocenters. The van der Waals surface area contributed by atoms with E-state index in [1.165, 1.54) is 27.8 Å². The number of carbonyl (C=O) groups is 1. The molecule has 0 bridgehead atoms. The van der Waals surface area contributed by atoms with Gasteiger partial charge in [0.15, 0.2) is 16.6 Å². The maximum absolute atomic E-state index is 13.7. The first-order valence-corrected chi connectivity index (χ1v) is 14.9. The van der Waals surface area contributed by atoms with Gasteiger partial charge >= 0.3 is 0 Å². The van der Waals surface area contributed by atoms with Crippen LogP contribution in [0.4, 0.5) is 10.8 Å². The molecule has 12 heteroatoms. The normalized spacial score (nSPS) is 14.2. The summed E-state index contributed by atoms with van der Waals surface area (Å²) in [7, 11) is 0.120. The Balaban J connectivity index is 0.00000323. The van der Waals surface area contributed by atoms with Crippen molar-refractivity contribution in [2.24, 2.45) is 0 Å². The van der Waals surface area contributed by atoms with Crippen LogP contribution in [-0.4, -0.2) is 64.7 Å². The van der Waals surface area contributed by atoms with Crippen LogP contribution >= 0.6 is 23.7 Å². The van der Waals surface area contributed by atoms with Gasteiger partial charge in [0.25, 0.3) is 15.9 Å². The Kier molecular flexibility index (Phi) is 7.92.